The fourth-order valence-corrected chi connectivity index (χ4v) is 1.61. The Hall–Kier alpha value is -1.62. The quantitative estimate of drug-likeness (QED) is 0.773. The zero-order valence-corrected chi connectivity index (χ0v) is 10.3. The van der Waals surface area contributed by atoms with Gasteiger partial charge in [-0.3, -0.25) is 9.78 Å². The number of aromatic nitrogens is 1. The van der Waals surface area contributed by atoms with Crippen molar-refractivity contribution < 1.29 is 9.90 Å². The number of aliphatic hydroxyl groups is 1. The van der Waals surface area contributed by atoms with Gasteiger partial charge in [0.2, 0.25) is 0 Å². The Morgan fingerprint density at radius 1 is 1.53 bits per heavy atom. The second-order valence-corrected chi connectivity index (χ2v) is 3.56. The summed E-state index contributed by atoms with van der Waals surface area (Å²) in [7, 11) is 0. The monoisotopic (exact) mass is 237 g/mol. The Kier molecular flexibility index (Phi) is 5.42. The summed E-state index contributed by atoms with van der Waals surface area (Å²) in [4.78, 5) is 17.8. The van der Waals surface area contributed by atoms with Gasteiger partial charge in [0.15, 0.2) is 0 Å². The first-order valence-corrected chi connectivity index (χ1v) is 5.82. The van der Waals surface area contributed by atoms with E-state index in [1.165, 1.54) is 0 Å². The minimum atomic E-state index is -0.0834. The van der Waals surface area contributed by atoms with E-state index < -0.39 is 0 Å². The van der Waals surface area contributed by atoms with Crippen molar-refractivity contribution >= 4 is 11.6 Å². The van der Waals surface area contributed by atoms with Gasteiger partial charge in [0, 0.05) is 25.8 Å². The normalized spacial score (nSPS) is 10.1. The van der Waals surface area contributed by atoms with Gasteiger partial charge in [0.25, 0.3) is 5.91 Å². The summed E-state index contributed by atoms with van der Waals surface area (Å²) in [5.41, 5.74) is 1.33. The number of rotatable bonds is 6. The molecule has 0 aliphatic rings. The summed E-state index contributed by atoms with van der Waals surface area (Å²) >= 11 is 0. The number of amides is 1. The van der Waals surface area contributed by atoms with E-state index in [1.54, 1.807) is 23.4 Å². The summed E-state index contributed by atoms with van der Waals surface area (Å²) in [6.07, 6.45) is 3.24. The number of hydrogen-bond donors (Lipinski definition) is 2. The number of anilines is 1. The lowest BCUT2D eigenvalue weighted by atomic mass is 10.2. The molecular formula is C12H19N3O2. The number of carbonyl (C=O) groups is 1. The molecule has 0 bridgehead atoms. The first-order valence-electron chi connectivity index (χ1n) is 5.82. The molecule has 17 heavy (non-hydrogen) atoms. The molecule has 0 radical (unpaired) electrons. The molecule has 0 aliphatic carbocycles. The minimum Gasteiger partial charge on any atom is -0.395 e. The lowest BCUT2D eigenvalue weighted by molar-refractivity contribution is 0.0733. The van der Waals surface area contributed by atoms with Crippen molar-refractivity contribution in [3.8, 4) is 0 Å². The lowest BCUT2D eigenvalue weighted by Gasteiger charge is -2.21. The highest BCUT2D eigenvalue weighted by Crippen LogP contribution is 2.15. The Morgan fingerprint density at radius 3 is 2.88 bits per heavy atom. The minimum absolute atomic E-state index is 0.0266. The lowest BCUT2D eigenvalue weighted by Crippen LogP contribution is -2.33. The van der Waals surface area contributed by atoms with Gasteiger partial charge in [-0.2, -0.15) is 0 Å². The Morgan fingerprint density at radius 2 is 2.29 bits per heavy atom. The van der Waals surface area contributed by atoms with Crippen LogP contribution in [0.3, 0.4) is 0 Å². The molecule has 5 heteroatoms. The van der Waals surface area contributed by atoms with Crippen LogP contribution in [-0.4, -0.2) is 47.1 Å². The van der Waals surface area contributed by atoms with Crippen LogP contribution in [0.25, 0.3) is 0 Å². The van der Waals surface area contributed by atoms with Crippen molar-refractivity contribution in [3.05, 3.63) is 24.0 Å². The van der Waals surface area contributed by atoms with Crippen molar-refractivity contribution in [2.24, 2.45) is 0 Å². The summed E-state index contributed by atoms with van der Waals surface area (Å²) in [5.74, 6) is -0.0834. The molecule has 0 saturated heterocycles. The van der Waals surface area contributed by atoms with E-state index in [1.807, 2.05) is 13.8 Å². The van der Waals surface area contributed by atoms with Crippen molar-refractivity contribution in [2.45, 2.75) is 13.8 Å². The molecule has 0 saturated carbocycles. The highest BCUT2D eigenvalue weighted by molar-refractivity contribution is 5.99. The maximum absolute atomic E-state index is 12.2. The van der Waals surface area contributed by atoms with Gasteiger partial charge in [-0.25, -0.2) is 0 Å². The number of hydrogen-bond acceptors (Lipinski definition) is 4. The molecule has 94 valence electrons. The SMILES string of the molecule is CCNc1cnccc1C(=O)N(CC)CCO. The maximum atomic E-state index is 12.2. The van der Waals surface area contributed by atoms with Crippen LogP contribution >= 0.6 is 0 Å². The molecule has 0 spiro atoms. The van der Waals surface area contributed by atoms with Crippen LogP contribution in [0.15, 0.2) is 18.5 Å². The van der Waals surface area contributed by atoms with Crippen LogP contribution in [0.5, 0.6) is 0 Å². The molecular weight excluding hydrogens is 218 g/mol. The van der Waals surface area contributed by atoms with Gasteiger partial charge in [-0.1, -0.05) is 0 Å². The van der Waals surface area contributed by atoms with Crippen molar-refractivity contribution in [1.82, 2.24) is 9.88 Å². The Labute approximate surface area is 101 Å². The average molecular weight is 237 g/mol. The first kappa shape index (κ1) is 13.4. The Bertz CT molecular complexity index is 369. The van der Waals surface area contributed by atoms with Crippen LogP contribution in [0.4, 0.5) is 5.69 Å². The van der Waals surface area contributed by atoms with E-state index >= 15 is 0 Å². The largest absolute Gasteiger partial charge is 0.395 e. The number of pyridine rings is 1. The molecule has 0 atom stereocenters. The molecule has 1 aromatic heterocycles. The summed E-state index contributed by atoms with van der Waals surface area (Å²) in [6.45, 7) is 5.49. The van der Waals surface area contributed by atoms with Gasteiger partial charge in [0.1, 0.15) is 0 Å². The molecule has 2 N–H and O–H groups in total. The molecule has 5 nitrogen and oxygen atoms in total. The number of carbonyl (C=O) groups excluding carboxylic acids is 1. The molecule has 1 amide bonds. The fraction of sp³-hybridized carbons (Fsp3) is 0.500. The van der Waals surface area contributed by atoms with Crippen molar-refractivity contribution in [3.63, 3.8) is 0 Å². The highest BCUT2D eigenvalue weighted by atomic mass is 16.3. The third-order valence-corrected chi connectivity index (χ3v) is 2.46. The van der Waals surface area contributed by atoms with Crippen LogP contribution in [0.1, 0.15) is 24.2 Å². The first-order chi connectivity index (χ1) is 8.24. The standard InChI is InChI=1S/C12H19N3O2/c1-3-14-11-9-13-6-5-10(11)12(17)15(4-2)7-8-16/h5-6,9,14,16H,3-4,7-8H2,1-2H3. The van der Waals surface area contributed by atoms with Gasteiger partial charge in [-0.15, -0.1) is 0 Å². The zero-order chi connectivity index (χ0) is 12.7. The maximum Gasteiger partial charge on any atom is 0.256 e. The molecule has 1 heterocycles. The number of nitrogens with one attached hydrogen (secondary N) is 1. The van der Waals surface area contributed by atoms with E-state index in [2.05, 4.69) is 10.3 Å². The Balaban J connectivity index is 2.93. The highest BCUT2D eigenvalue weighted by Gasteiger charge is 2.16. The molecule has 0 fully saturated rings. The smallest absolute Gasteiger partial charge is 0.256 e. The summed E-state index contributed by atoms with van der Waals surface area (Å²) < 4.78 is 0. The third-order valence-electron chi connectivity index (χ3n) is 2.46. The average Bonchev–Trinajstić information content (AvgIpc) is 2.36. The van der Waals surface area contributed by atoms with Crippen LogP contribution in [0, 0.1) is 0 Å². The fourth-order valence-electron chi connectivity index (χ4n) is 1.61. The zero-order valence-electron chi connectivity index (χ0n) is 10.3. The number of nitrogens with zero attached hydrogens (tertiary/aromatic N) is 2. The van der Waals surface area contributed by atoms with Gasteiger partial charge in [0.05, 0.1) is 24.1 Å². The van der Waals surface area contributed by atoms with Gasteiger partial charge in [-0.05, 0) is 19.9 Å². The van der Waals surface area contributed by atoms with E-state index in [-0.39, 0.29) is 12.5 Å². The second-order valence-electron chi connectivity index (χ2n) is 3.56. The molecule has 0 aliphatic heterocycles. The second kappa shape index (κ2) is 6.85. The summed E-state index contributed by atoms with van der Waals surface area (Å²) in [6, 6.07) is 1.69. The topological polar surface area (TPSA) is 65.5 Å². The van der Waals surface area contributed by atoms with E-state index in [0.717, 1.165) is 12.2 Å². The van der Waals surface area contributed by atoms with Gasteiger partial charge >= 0.3 is 0 Å². The number of likely N-dealkylation sites (N-methyl/N-ethyl adjacent to an activating group) is 1. The predicted molar refractivity (Wildman–Crippen MR) is 67.1 cm³/mol. The van der Waals surface area contributed by atoms with E-state index in [0.29, 0.717) is 18.7 Å². The summed E-state index contributed by atoms with van der Waals surface area (Å²) in [5, 5.41) is 12.0. The van der Waals surface area contributed by atoms with Crippen LogP contribution in [-0.2, 0) is 0 Å². The molecule has 0 unspecified atom stereocenters. The van der Waals surface area contributed by atoms with E-state index in [9.17, 15) is 4.79 Å². The van der Waals surface area contributed by atoms with Crippen molar-refractivity contribution in [1.29, 1.82) is 0 Å². The van der Waals surface area contributed by atoms with Crippen molar-refractivity contribution in [2.75, 3.05) is 31.6 Å². The van der Waals surface area contributed by atoms with Crippen LogP contribution < -0.4 is 5.32 Å². The van der Waals surface area contributed by atoms with E-state index in [4.69, 9.17) is 5.11 Å². The van der Waals surface area contributed by atoms with Gasteiger partial charge < -0.3 is 15.3 Å². The predicted octanol–water partition coefficient (Wildman–Crippen LogP) is 0.968. The molecule has 0 aromatic carbocycles. The third kappa shape index (κ3) is 3.42. The molecule has 1 aromatic rings. The molecule has 1 rings (SSSR count). The van der Waals surface area contributed by atoms with Crippen LogP contribution in [0.2, 0.25) is 0 Å². The number of aliphatic hydroxyl groups excluding tert-OH is 1.